The highest BCUT2D eigenvalue weighted by atomic mass is 31.2. The van der Waals surface area contributed by atoms with E-state index >= 15 is 0 Å². The number of hydrogen-bond donors (Lipinski definition) is 5. The van der Waals surface area contributed by atoms with Gasteiger partial charge in [0.1, 0.15) is 0 Å². The van der Waals surface area contributed by atoms with Crippen molar-refractivity contribution in [2.75, 3.05) is 0 Å². The summed E-state index contributed by atoms with van der Waals surface area (Å²) < 4.78 is 9.76. The highest BCUT2D eigenvalue weighted by Crippen LogP contribution is 2.31. The Bertz CT molecular complexity index is 135. The first-order valence-electron chi connectivity index (χ1n) is 1.58. The highest BCUT2D eigenvalue weighted by Gasteiger charge is 2.04. The van der Waals surface area contributed by atoms with Crippen molar-refractivity contribution in [2.24, 2.45) is 5.50 Å². The summed E-state index contributed by atoms with van der Waals surface area (Å²) in [6.07, 6.45) is 0. The minimum atomic E-state index is -3.49. The van der Waals surface area contributed by atoms with Crippen LogP contribution in [-0.4, -0.2) is 9.79 Å². The lowest BCUT2D eigenvalue weighted by Crippen LogP contribution is -2.05. The van der Waals surface area contributed by atoms with E-state index in [9.17, 15) is 4.57 Å². The molecule has 0 bridgehead atoms. The lowest BCUT2D eigenvalue weighted by atomic mass is 13.8. The Morgan fingerprint density at radius 1 is 1.88 bits per heavy atom. The predicted octanol–water partition coefficient (Wildman–Crippen LogP) is -0.566. The molecule has 8 heteroatoms. The molecule has 8 heavy (non-hydrogen) atoms. The van der Waals surface area contributed by atoms with Crippen LogP contribution in [0.5, 0.6) is 0 Å². The summed E-state index contributed by atoms with van der Waals surface area (Å²) in [6, 6.07) is 0. The Morgan fingerprint density at radius 2 is 2.25 bits per heavy atom. The molecule has 0 heterocycles. The zero-order valence-corrected chi connectivity index (χ0v) is 5.72. The summed E-state index contributed by atoms with van der Waals surface area (Å²) in [5.74, 6) is 0. The topological polar surface area (TPSA) is 119 Å². The summed E-state index contributed by atoms with van der Waals surface area (Å²) in [6.45, 7) is 0. The van der Waals surface area contributed by atoms with Gasteiger partial charge in [-0.05, 0) is 0 Å². The fourth-order valence-electron chi connectivity index (χ4n) is 0.146. The van der Waals surface area contributed by atoms with Crippen molar-refractivity contribution in [3.63, 3.8) is 0 Å². The average Bonchev–Trinajstić information content (AvgIpc) is 1.21. The van der Waals surface area contributed by atoms with E-state index in [0.717, 1.165) is 0 Å². The highest BCUT2D eigenvalue weighted by molar-refractivity contribution is 7.63. The van der Waals surface area contributed by atoms with Crippen LogP contribution >= 0.6 is 15.8 Å². The maximum atomic E-state index is 9.76. The Labute approximate surface area is 46.7 Å². The number of hydrogen-bond acceptors (Lipinski definition) is 2. The standard InChI is InChI=1S/H7N3O3P2/c1-8(2,6)3-7(4)5/h7H,(H6,1,2,3,4,5,6). The van der Waals surface area contributed by atoms with Crippen molar-refractivity contribution in [1.82, 2.24) is 4.86 Å². The third kappa shape index (κ3) is 6.30. The summed E-state index contributed by atoms with van der Waals surface area (Å²) in [5.41, 5.74) is 4.62. The molecule has 0 amide bonds. The van der Waals surface area contributed by atoms with Gasteiger partial charge in [-0.15, -0.1) is 0 Å². The maximum Gasteiger partial charge on any atom is 0.262 e. The molecule has 0 aliphatic heterocycles. The molecule has 2 unspecified atom stereocenters. The van der Waals surface area contributed by atoms with Crippen molar-refractivity contribution >= 4 is 15.8 Å². The molecule has 0 aromatic rings. The molecule has 0 saturated heterocycles. The average molecular weight is 159 g/mol. The van der Waals surface area contributed by atoms with Crippen molar-refractivity contribution in [2.45, 2.75) is 0 Å². The summed E-state index contributed by atoms with van der Waals surface area (Å²) in [5, 5.41) is 6.46. The van der Waals surface area contributed by atoms with Gasteiger partial charge in [-0.3, -0.25) is 15.2 Å². The predicted molar refractivity (Wildman–Crippen MR) is 30.4 cm³/mol. The van der Waals surface area contributed by atoms with Gasteiger partial charge in [-0.2, -0.15) is 4.86 Å². The third-order valence-electron chi connectivity index (χ3n) is 0.266. The normalized spacial score (nSPS) is 21.9. The van der Waals surface area contributed by atoms with Gasteiger partial charge >= 0.3 is 0 Å². The molecule has 6 nitrogen and oxygen atoms in total. The largest absolute Gasteiger partial charge is 0.337 e. The number of nitrogens with one attached hydrogen (secondary N) is 2. The fourth-order valence-corrected chi connectivity index (χ4v) is 1.31. The van der Waals surface area contributed by atoms with Gasteiger partial charge in [0, 0.05) is 0 Å². The summed E-state index contributed by atoms with van der Waals surface area (Å²) >= 11 is 0. The van der Waals surface area contributed by atoms with Crippen LogP contribution in [0, 0.1) is 5.16 Å². The molecule has 0 radical (unpaired) electrons. The minimum absolute atomic E-state index is 1.59. The van der Waals surface area contributed by atoms with Crippen LogP contribution in [0.3, 0.4) is 0 Å². The lowest BCUT2D eigenvalue weighted by molar-refractivity contribution is 0.496. The zero-order valence-electron chi connectivity index (χ0n) is 3.83. The first-order chi connectivity index (χ1) is 3.42. The lowest BCUT2D eigenvalue weighted by Gasteiger charge is -2.05. The SMILES string of the molecule is N=P(N)(O)N[PH](=O)O. The second-order valence-electron chi connectivity index (χ2n) is 1.10. The van der Waals surface area contributed by atoms with E-state index in [1.165, 1.54) is 0 Å². The van der Waals surface area contributed by atoms with Crippen molar-refractivity contribution in [1.29, 1.82) is 5.16 Å². The molecule has 0 fully saturated rings. The van der Waals surface area contributed by atoms with Crippen LogP contribution in [0.25, 0.3) is 0 Å². The molecule has 0 saturated carbocycles. The molecule has 0 rings (SSSR count). The van der Waals surface area contributed by atoms with Gasteiger partial charge < -0.3 is 9.79 Å². The second-order valence-corrected chi connectivity index (χ2v) is 3.98. The van der Waals surface area contributed by atoms with E-state index in [0.29, 0.717) is 0 Å². The van der Waals surface area contributed by atoms with E-state index < -0.39 is 15.8 Å². The second kappa shape index (κ2) is 2.73. The van der Waals surface area contributed by atoms with E-state index in [-0.39, 0.29) is 0 Å². The molecule has 0 aromatic carbocycles. The summed E-state index contributed by atoms with van der Waals surface area (Å²) in [4.78, 5) is 17.9. The van der Waals surface area contributed by atoms with Gasteiger partial charge in [-0.25, -0.2) is 0 Å². The molecule has 50 valence electrons. The van der Waals surface area contributed by atoms with Gasteiger partial charge in [0.2, 0.25) is 7.58 Å². The molecular weight excluding hydrogens is 152 g/mol. The van der Waals surface area contributed by atoms with Crippen LogP contribution < -0.4 is 10.4 Å². The Morgan fingerprint density at radius 3 is 2.25 bits per heavy atom. The first kappa shape index (κ1) is 8.30. The smallest absolute Gasteiger partial charge is 0.262 e. The maximum absolute atomic E-state index is 9.76. The molecule has 0 aliphatic rings. The van der Waals surface area contributed by atoms with Crippen LogP contribution in [0.15, 0.2) is 0 Å². The van der Waals surface area contributed by atoms with Gasteiger partial charge in [0.25, 0.3) is 8.18 Å². The Balaban J connectivity index is 3.74. The number of rotatable bonds is 2. The molecule has 0 aromatic heterocycles. The van der Waals surface area contributed by atoms with Gasteiger partial charge in [-0.1, -0.05) is 0 Å². The van der Waals surface area contributed by atoms with E-state index in [1.54, 1.807) is 4.86 Å². The van der Waals surface area contributed by atoms with Crippen LogP contribution in [-0.2, 0) is 4.57 Å². The van der Waals surface area contributed by atoms with Crippen LogP contribution in [0.4, 0.5) is 0 Å². The minimum Gasteiger partial charge on any atom is -0.337 e. The monoisotopic (exact) mass is 159 g/mol. The summed E-state index contributed by atoms with van der Waals surface area (Å²) in [7, 11) is -6.49. The molecule has 0 aliphatic carbocycles. The molecule has 6 N–H and O–H groups in total. The van der Waals surface area contributed by atoms with Crippen molar-refractivity contribution in [3.8, 4) is 0 Å². The van der Waals surface area contributed by atoms with Crippen molar-refractivity contribution < 1.29 is 14.4 Å². The molecular formula is H7N3O3P2. The fraction of sp³-hybridized carbons (Fsp3) is 0. The number of nitrogens with two attached hydrogens (primary N) is 1. The van der Waals surface area contributed by atoms with Crippen LogP contribution in [0.1, 0.15) is 0 Å². The van der Waals surface area contributed by atoms with E-state index in [4.69, 9.17) is 14.9 Å². The van der Waals surface area contributed by atoms with Gasteiger partial charge in [0.05, 0.1) is 0 Å². The molecule has 0 spiro atoms. The Hall–Kier alpha value is 0.300. The van der Waals surface area contributed by atoms with Gasteiger partial charge in [0.15, 0.2) is 0 Å². The first-order valence-corrected chi connectivity index (χ1v) is 4.75. The van der Waals surface area contributed by atoms with Crippen LogP contribution in [0.2, 0.25) is 0 Å². The third-order valence-corrected chi connectivity index (χ3v) is 2.39. The van der Waals surface area contributed by atoms with E-state index in [1.807, 2.05) is 0 Å². The Kier molecular flexibility index (Phi) is 2.83. The molecule has 2 atom stereocenters. The van der Waals surface area contributed by atoms with Crippen molar-refractivity contribution in [3.05, 3.63) is 0 Å². The zero-order chi connectivity index (χ0) is 6.78. The van der Waals surface area contributed by atoms with E-state index in [2.05, 4.69) is 5.50 Å². The quantitative estimate of drug-likeness (QED) is 0.345.